The molecule has 8 nitrogen and oxygen atoms in total. The summed E-state index contributed by atoms with van der Waals surface area (Å²) in [6.45, 7) is 1.58. The molecule has 0 fully saturated rings. The number of carbonyl (C=O) groups excluding carboxylic acids is 2. The highest BCUT2D eigenvalue weighted by atomic mass is 16.5. The molecular weight excluding hydrogens is 396 g/mol. The second kappa shape index (κ2) is 10.4. The molecule has 31 heavy (non-hydrogen) atoms. The van der Waals surface area contributed by atoms with Crippen LogP contribution >= 0.6 is 0 Å². The molecule has 2 aromatic carbocycles. The van der Waals surface area contributed by atoms with E-state index in [1.165, 1.54) is 18.7 Å². The Morgan fingerprint density at radius 1 is 1.00 bits per heavy atom. The summed E-state index contributed by atoms with van der Waals surface area (Å²) in [5, 5.41) is 11.8. The van der Waals surface area contributed by atoms with Crippen molar-refractivity contribution in [2.75, 3.05) is 6.54 Å². The van der Waals surface area contributed by atoms with Gasteiger partial charge in [0.2, 0.25) is 5.60 Å². The number of hydrogen-bond acceptors (Lipinski definition) is 6. The molecule has 2 amide bonds. The second-order valence-electron chi connectivity index (χ2n) is 7.03. The van der Waals surface area contributed by atoms with E-state index < -0.39 is 17.4 Å². The van der Waals surface area contributed by atoms with Crippen molar-refractivity contribution in [3.05, 3.63) is 84.4 Å². The van der Waals surface area contributed by atoms with Crippen molar-refractivity contribution in [1.82, 2.24) is 20.8 Å². The monoisotopic (exact) mass is 420 g/mol. The molecule has 0 aliphatic heterocycles. The Morgan fingerprint density at radius 2 is 1.71 bits per heavy atom. The van der Waals surface area contributed by atoms with Gasteiger partial charge in [0, 0.05) is 24.9 Å². The molecule has 1 aromatic heterocycles. The van der Waals surface area contributed by atoms with Crippen LogP contribution in [0.25, 0.3) is 11.1 Å². The van der Waals surface area contributed by atoms with Gasteiger partial charge >= 0.3 is 0 Å². The molecular formula is C23H24N4O4. The molecule has 1 atom stereocenters. The van der Waals surface area contributed by atoms with Gasteiger partial charge in [0.1, 0.15) is 6.33 Å². The molecule has 0 saturated heterocycles. The van der Waals surface area contributed by atoms with E-state index in [0.717, 1.165) is 22.4 Å². The fourth-order valence-corrected chi connectivity index (χ4v) is 2.93. The normalized spacial score (nSPS) is 12.6. The Labute approximate surface area is 180 Å². The first-order chi connectivity index (χ1) is 15.0. The molecule has 3 N–H and O–H groups in total. The van der Waals surface area contributed by atoms with Crippen LogP contribution in [0.4, 0.5) is 0 Å². The van der Waals surface area contributed by atoms with Crippen LogP contribution in [0.1, 0.15) is 18.2 Å². The maximum atomic E-state index is 12.7. The SMILES string of the molecule is CC(OCc1ccc(-c2ccccc2)cc1)(C(=O)NO)C(=O)NCCc1ccncn1. The molecule has 0 saturated carbocycles. The molecule has 0 spiro atoms. The van der Waals surface area contributed by atoms with E-state index in [1.807, 2.05) is 54.6 Å². The topological polar surface area (TPSA) is 113 Å². The molecule has 3 rings (SSSR count). The summed E-state index contributed by atoms with van der Waals surface area (Å²) in [4.78, 5) is 32.8. The van der Waals surface area contributed by atoms with Gasteiger partial charge in [0.05, 0.1) is 6.61 Å². The van der Waals surface area contributed by atoms with Gasteiger partial charge in [-0.05, 0) is 29.7 Å². The highest BCUT2D eigenvalue weighted by Crippen LogP contribution is 2.21. The van der Waals surface area contributed by atoms with Crippen molar-refractivity contribution < 1.29 is 19.5 Å². The largest absolute Gasteiger partial charge is 0.353 e. The lowest BCUT2D eigenvalue weighted by molar-refractivity contribution is -0.166. The van der Waals surface area contributed by atoms with Gasteiger partial charge in [-0.1, -0.05) is 54.6 Å². The summed E-state index contributed by atoms with van der Waals surface area (Å²) in [6, 6.07) is 19.3. The molecule has 8 heteroatoms. The fraction of sp³-hybridized carbons (Fsp3) is 0.217. The summed E-state index contributed by atoms with van der Waals surface area (Å²) in [7, 11) is 0. The van der Waals surface area contributed by atoms with Gasteiger partial charge in [0.15, 0.2) is 0 Å². The molecule has 0 radical (unpaired) electrons. The van der Waals surface area contributed by atoms with Crippen LogP contribution in [0.2, 0.25) is 0 Å². The maximum absolute atomic E-state index is 12.7. The van der Waals surface area contributed by atoms with Crippen LogP contribution in [0, 0.1) is 0 Å². The summed E-state index contributed by atoms with van der Waals surface area (Å²) in [5.74, 6) is -1.61. The zero-order chi connectivity index (χ0) is 22.1. The highest BCUT2D eigenvalue weighted by Gasteiger charge is 2.42. The minimum atomic E-state index is -1.90. The minimum Gasteiger partial charge on any atom is -0.353 e. The molecule has 0 bridgehead atoms. The van der Waals surface area contributed by atoms with E-state index in [0.29, 0.717) is 6.42 Å². The van der Waals surface area contributed by atoms with Crippen LogP contribution in [-0.2, 0) is 27.4 Å². The Hall–Kier alpha value is -3.62. The lowest BCUT2D eigenvalue weighted by Crippen LogP contribution is -2.56. The number of hydroxylamine groups is 1. The van der Waals surface area contributed by atoms with E-state index in [2.05, 4.69) is 15.3 Å². The number of ether oxygens (including phenoxy) is 1. The van der Waals surface area contributed by atoms with Gasteiger partial charge in [-0.15, -0.1) is 0 Å². The summed E-state index contributed by atoms with van der Waals surface area (Å²) in [5.41, 5.74) is 3.28. The first-order valence-electron chi connectivity index (χ1n) is 9.79. The zero-order valence-electron chi connectivity index (χ0n) is 17.1. The third kappa shape index (κ3) is 5.71. The first kappa shape index (κ1) is 22.1. The third-order valence-corrected chi connectivity index (χ3v) is 4.87. The van der Waals surface area contributed by atoms with Crippen molar-refractivity contribution in [2.45, 2.75) is 25.6 Å². The number of nitrogens with one attached hydrogen (secondary N) is 2. The average Bonchev–Trinajstić information content (AvgIpc) is 2.83. The van der Waals surface area contributed by atoms with Gasteiger partial charge in [-0.25, -0.2) is 15.4 Å². The Balaban J connectivity index is 1.62. The van der Waals surface area contributed by atoms with Crippen LogP contribution in [0.3, 0.4) is 0 Å². The van der Waals surface area contributed by atoms with Gasteiger partial charge < -0.3 is 10.1 Å². The zero-order valence-corrected chi connectivity index (χ0v) is 17.1. The van der Waals surface area contributed by atoms with E-state index in [9.17, 15) is 9.59 Å². The molecule has 160 valence electrons. The third-order valence-electron chi connectivity index (χ3n) is 4.87. The summed E-state index contributed by atoms with van der Waals surface area (Å²) < 4.78 is 5.67. The number of hydrogen-bond donors (Lipinski definition) is 3. The lowest BCUT2D eigenvalue weighted by atomic mass is 10.0. The van der Waals surface area contributed by atoms with Crippen molar-refractivity contribution in [2.24, 2.45) is 0 Å². The van der Waals surface area contributed by atoms with Crippen molar-refractivity contribution >= 4 is 11.8 Å². The molecule has 1 heterocycles. The molecule has 0 aliphatic rings. The number of amides is 2. The predicted octanol–water partition coefficient (Wildman–Crippen LogP) is 2.28. The van der Waals surface area contributed by atoms with E-state index in [-0.39, 0.29) is 13.2 Å². The minimum absolute atomic E-state index is 0.0122. The molecule has 1 unspecified atom stereocenters. The Bertz CT molecular complexity index is 997. The molecule has 3 aromatic rings. The van der Waals surface area contributed by atoms with Crippen molar-refractivity contribution in [1.29, 1.82) is 0 Å². The molecule has 0 aliphatic carbocycles. The van der Waals surface area contributed by atoms with Gasteiger partial charge in [0.25, 0.3) is 11.8 Å². The summed E-state index contributed by atoms with van der Waals surface area (Å²) >= 11 is 0. The van der Waals surface area contributed by atoms with Crippen LogP contribution in [0.5, 0.6) is 0 Å². The van der Waals surface area contributed by atoms with Crippen LogP contribution < -0.4 is 10.8 Å². The van der Waals surface area contributed by atoms with Gasteiger partial charge in [-0.2, -0.15) is 0 Å². The quantitative estimate of drug-likeness (QED) is 0.278. The lowest BCUT2D eigenvalue weighted by Gasteiger charge is -2.26. The average molecular weight is 420 g/mol. The smallest absolute Gasteiger partial charge is 0.285 e. The number of benzene rings is 2. The number of carbonyl (C=O) groups is 2. The maximum Gasteiger partial charge on any atom is 0.285 e. The Morgan fingerprint density at radius 3 is 2.35 bits per heavy atom. The Kier molecular flexibility index (Phi) is 7.42. The predicted molar refractivity (Wildman–Crippen MR) is 114 cm³/mol. The first-order valence-corrected chi connectivity index (χ1v) is 9.79. The van der Waals surface area contributed by atoms with Crippen molar-refractivity contribution in [3.63, 3.8) is 0 Å². The van der Waals surface area contributed by atoms with E-state index in [1.54, 1.807) is 12.3 Å². The highest BCUT2D eigenvalue weighted by molar-refractivity contribution is 6.07. The fourth-order valence-electron chi connectivity index (χ4n) is 2.93. The number of aromatic nitrogens is 2. The van der Waals surface area contributed by atoms with Gasteiger partial charge in [-0.3, -0.25) is 14.8 Å². The van der Waals surface area contributed by atoms with Crippen molar-refractivity contribution in [3.8, 4) is 11.1 Å². The van der Waals surface area contributed by atoms with Crippen LogP contribution in [-0.4, -0.2) is 39.1 Å². The standard InChI is InChI=1S/C23H24N4O4/c1-23(22(29)27-30,21(28)25-14-12-20-11-13-24-16-26-20)31-15-17-7-9-19(10-8-17)18-5-3-2-4-6-18/h2-11,13,16,30H,12,14-15H2,1H3,(H,25,28)(H,27,29). The number of nitrogens with zero attached hydrogens (tertiary/aromatic N) is 2. The van der Waals surface area contributed by atoms with Crippen LogP contribution in [0.15, 0.2) is 73.2 Å². The summed E-state index contributed by atoms with van der Waals surface area (Å²) in [6.07, 6.45) is 3.50. The van der Waals surface area contributed by atoms with E-state index in [4.69, 9.17) is 9.94 Å². The second-order valence-corrected chi connectivity index (χ2v) is 7.03. The number of rotatable bonds is 9. The van der Waals surface area contributed by atoms with E-state index >= 15 is 0 Å².